The lowest BCUT2D eigenvalue weighted by Crippen LogP contribution is -2.38. The summed E-state index contributed by atoms with van der Waals surface area (Å²) in [7, 11) is 4.36. The summed E-state index contributed by atoms with van der Waals surface area (Å²) in [5, 5.41) is 0.896. The van der Waals surface area contributed by atoms with E-state index in [1.807, 2.05) is 18.2 Å². The van der Waals surface area contributed by atoms with Crippen LogP contribution in [-0.4, -0.2) is 24.8 Å². The van der Waals surface area contributed by atoms with Crippen molar-refractivity contribution in [2.45, 2.75) is 25.6 Å². The van der Waals surface area contributed by atoms with Crippen molar-refractivity contribution < 1.29 is 23.4 Å². The Morgan fingerprint density at radius 2 is 1.87 bits per heavy atom. The lowest BCUT2D eigenvalue weighted by atomic mass is 9.90. The molecule has 0 amide bonds. The second-order valence-corrected chi connectivity index (χ2v) is 6.96. The predicted octanol–water partition coefficient (Wildman–Crippen LogP) is 3.68. The third kappa shape index (κ3) is 3.93. The van der Waals surface area contributed by atoms with Gasteiger partial charge in [0.05, 0.1) is 12.6 Å². The fraction of sp³-hybridized carbons (Fsp3) is 0.304. The van der Waals surface area contributed by atoms with E-state index in [0.29, 0.717) is 5.56 Å². The van der Waals surface area contributed by atoms with Crippen LogP contribution in [0.4, 0.5) is 4.39 Å². The van der Waals surface area contributed by atoms with Crippen molar-refractivity contribution in [1.29, 1.82) is 0 Å². The van der Waals surface area contributed by atoms with E-state index in [0.717, 1.165) is 16.5 Å². The van der Waals surface area contributed by atoms with Crippen molar-refractivity contribution in [3.05, 3.63) is 75.8 Å². The first-order chi connectivity index (χ1) is 14.3. The Bertz CT molecular complexity index is 1130. The summed E-state index contributed by atoms with van der Waals surface area (Å²) in [6.07, 6.45) is 0.266. The molecule has 0 saturated heterocycles. The summed E-state index contributed by atoms with van der Waals surface area (Å²) in [6.45, 7) is 1.94. The van der Waals surface area contributed by atoms with Gasteiger partial charge in [-0.15, -0.1) is 0 Å². The molecular weight excluding hydrogens is 389 g/mol. The van der Waals surface area contributed by atoms with E-state index in [4.69, 9.17) is 14.2 Å². The largest absolute Gasteiger partial charge is 0.489 e. The predicted molar refractivity (Wildman–Crippen MR) is 111 cm³/mol. The van der Waals surface area contributed by atoms with E-state index in [-0.39, 0.29) is 24.3 Å². The topological polar surface area (TPSA) is 66.8 Å². The minimum Gasteiger partial charge on any atom is -0.489 e. The second-order valence-electron chi connectivity index (χ2n) is 6.96. The first-order valence-electron chi connectivity index (χ1n) is 9.50. The maximum Gasteiger partial charge on any atom is 0.342 e. The molecule has 0 fully saturated rings. The Labute approximate surface area is 173 Å². The minimum atomic E-state index is -1.41. The Morgan fingerprint density at radius 3 is 2.53 bits per heavy atom. The van der Waals surface area contributed by atoms with Gasteiger partial charge in [-0.05, 0) is 47.7 Å². The van der Waals surface area contributed by atoms with Crippen LogP contribution in [0.25, 0.3) is 10.9 Å². The highest BCUT2D eigenvalue weighted by molar-refractivity contribution is 5.81. The van der Waals surface area contributed by atoms with Crippen molar-refractivity contribution in [3.8, 4) is 5.75 Å². The Morgan fingerprint density at radius 1 is 1.10 bits per heavy atom. The molecule has 0 bridgehead atoms. The third-order valence-electron chi connectivity index (χ3n) is 5.29. The minimum absolute atomic E-state index is 0.0815. The molecule has 0 N–H and O–H groups in total. The van der Waals surface area contributed by atoms with Crippen LogP contribution < -0.4 is 10.3 Å². The van der Waals surface area contributed by atoms with Crippen LogP contribution in [0.1, 0.15) is 24.5 Å². The van der Waals surface area contributed by atoms with Crippen LogP contribution in [0, 0.1) is 5.82 Å². The number of pyridine rings is 1. The number of aryl methyl sites for hydroxylation is 1. The molecular formula is C23H24FNO5. The number of hydrogen-bond acceptors (Lipinski definition) is 5. The molecule has 0 unspecified atom stereocenters. The van der Waals surface area contributed by atoms with Crippen molar-refractivity contribution in [1.82, 2.24) is 4.57 Å². The zero-order valence-electron chi connectivity index (χ0n) is 17.4. The Balaban J connectivity index is 1.89. The van der Waals surface area contributed by atoms with Gasteiger partial charge in [0.25, 0.3) is 5.56 Å². The van der Waals surface area contributed by atoms with Crippen molar-refractivity contribution in [2.24, 2.45) is 7.05 Å². The summed E-state index contributed by atoms with van der Waals surface area (Å²) >= 11 is 0. The fourth-order valence-corrected chi connectivity index (χ4v) is 3.55. The smallest absolute Gasteiger partial charge is 0.342 e. The zero-order valence-corrected chi connectivity index (χ0v) is 17.4. The molecule has 0 aliphatic rings. The van der Waals surface area contributed by atoms with E-state index < -0.39 is 17.4 Å². The van der Waals surface area contributed by atoms with E-state index in [9.17, 15) is 14.0 Å². The number of ether oxygens (including phenoxy) is 3. The fourth-order valence-electron chi connectivity index (χ4n) is 3.55. The number of esters is 1. The van der Waals surface area contributed by atoms with Crippen LogP contribution in [0.3, 0.4) is 0 Å². The standard InChI is InChI=1S/C23H24FNO5/c1-5-23(29-4,22(27)28-3)17-11-18(24)13-19(12-17)30-14-15-6-8-20-16(10-15)7-9-21(26)25(20)2/h6-13H,5,14H2,1-4H3/t23-/m1/s1. The van der Waals surface area contributed by atoms with Crippen LogP contribution in [-0.2, 0) is 33.5 Å². The summed E-state index contributed by atoms with van der Waals surface area (Å²) < 4.78 is 32.0. The van der Waals surface area contributed by atoms with Crippen molar-refractivity contribution >= 4 is 16.9 Å². The highest BCUT2D eigenvalue weighted by atomic mass is 19.1. The molecule has 0 spiro atoms. The van der Waals surface area contributed by atoms with E-state index in [2.05, 4.69) is 0 Å². The average molecular weight is 413 g/mol. The number of nitrogens with zero attached hydrogens (tertiary/aromatic N) is 1. The van der Waals surface area contributed by atoms with Gasteiger partial charge in [-0.1, -0.05) is 13.0 Å². The quantitative estimate of drug-likeness (QED) is 0.553. The van der Waals surface area contributed by atoms with Gasteiger partial charge in [0.15, 0.2) is 5.60 Å². The van der Waals surface area contributed by atoms with Gasteiger partial charge < -0.3 is 18.8 Å². The number of benzene rings is 2. The lowest BCUT2D eigenvalue weighted by Gasteiger charge is -2.29. The van der Waals surface area contributed by atoms with Crippen LogP contribution >= 0.6 is 0 Å². The Hall–Kier alpha value is -3.19. The summed E-state index contributed by atoms with van der Waals surface area (Å²) in [6, 6.07) is 12.9. The van der Waals surface area contributed by atoms with E-state index in [1.165, 1.54) is 32.4 Å². The molecule has 3 aromatic rings. The van der Waals surface area contributed by atoms with Gasteiger partial charge in [0.1, 0.15) is 18.2 Å². The van der Waals surface area contributed by atoms with Gasteiger partial charge in [-0.2, -0.15) is 0 Å². The highest BCUT2D eigenvalue weighted by Crippen LogP contribution is 2.33. The van der Waals surface area contributed by atoms with E-state index >= 15 is 0 Å². The van der Waals surface area contributed by atoms with Gasteiger partial charge >= 0.3 is 5.97 Å². The third-order valence-corrected chi connectivity index (χ3v) is 5.29. The van der Waals surface area contributed by atoms with Gasteiger partial charge in [0.2, 0.25) is 0 Å². The van der Waals surface area contributed by atoms with Gasteiger partial charge in [-0.3, -0.25) is 4.79 Å². The molecule has 0 aliphatic carbocycles. The first-order valence-corrected chi connectivity index (χ1v) is 9.50. The zero-order chi connectivity index (χ0) is 21.9. The number of carbonyl (C=O) groups excluding carboxylic acids is 1. The molecule has 0 radical (unpaired) electrons. The van der Waals surface area contributed by atoms with Gasteiger partial charge in [-0.25, -0.2) is 9.18 Å². The molecule has 7 heteroatoms. The molecule has 0 aliphatic heterocycles. The average Bonchev–Trinajstić information content (AvgIpc) is 2.75. The number of hydrogen-bond donors (Lipinski definition) is 0. The summed E-state index contributed by atoms with van der Waals surface area (Å²) in [5.74, 6) is -0.886. The van der Waals surface area contributed by atoms with E-state index in [1.54, 1.807) is 30.7 Å². The number of rotatable bonds is 7. The normalized spacial score (nSPS) is 13.1. The van der Waals surface area contributed by atoms with Crippen molar-refractivity contribution in [2.75, 3.05) is 14.2 Å². The maximum absolute atomic E-state index is 14.3. The van der Waals surface area contributed by atoms with Crippen molar-refractivity contribution in [3.63, 3.8) is 0 Å². The molecule has 2 aromatic carbocycles. The molecule has 30 heavy (non-hydrogen) atoms. The monoisotopic (exact) mass is 413 g/mol. The maximum atomic E-state index is 14.3. The lowest BCUT2D eigenvalue weighted by molar-refractivity contribution is -0.168. The van der Waals surface area contributed by atoms with Crippen LogP contribution in [0.5, 0.6) is 5.75 Å². The number of fused-ring (bicyclic) bond motifs is 1. The molecule has 1 aromatic heterocycles. The molecule has 3 rings (SSSR count). The number of methoxy groups -OCH3 is 2. The second kappa shape index (κ2) is 8.67. The molecule has 6 nitrogen and oxygen atoms in total. The number of carbonyl (C=O) groups is 1. The van der Waals surface area contributed by atoms with Gasteiger partial charge in [0, 0.05) is 31.9 Å². The number of aromatic nitrogens is 1. The Kier molecular flexibility index (Phi) is 6.22. The summed E-state index contributed by atoms with van der Waals surface area (Å²) in [4.78, 5) is 24.1. The molecule has 158 valence electrons. The molecule has 1 atom stereocenters. The van der Waals surface area contributed by atoms with Crippen LogP contribution in [0.15, 0.2) is 53.3 Å². The molecule has 1 heterocycles. The first kappa shape index (κ1) is 21.5. The molecule has 0 saturated carbocycles. The SMILES string of the molecule is CC[C@](OC)(C(=O)OC)c1cc(F)cc(OCc2ccc3c(ccc(=O)n3C)c2)c1. The summed E-state index contributed by atoms with van der Waals surface area (Å²) in [5.41, 5.74) is 0.492. The number of halogens is 1. The highest BCUT2D eigenvalue weighted by Gasteiger charge is 2.40. The van der Waals surface area contributed by atoms with Crippen LogP contribution in [0.2, 0.25) is 0 Å².